The molecule has 0 saturated heterocycles. The molecule has 0 bridgehead atoms. The Morgan fingerprint density at radius 2 is 1.58 bits per heavy atom. The molecule has 0 heterocycles. The lowest BCUT2D eigenvalue weighted by molar-refractivity contribution is -0.135. The Bertz CT molecular complexity index is 728. The highest BCUT2D eigenvalue weighted by atomic mass is 16.5. The van der Waals surface area contributed by atoms with Gasteiger partial charge in [-0.25, -0.2) is 0 Å². The van der Waals surface area contributed by atoms with E-state index in [4.69, 9.17) is 14.6 Å². The van der Waals surface area contributed by atoms with Crippen LogP contribution in [0, 0.1) is 0 Å². The number of carbonyl (C=O) groups excluding carboxylic acids is 1. The number of carbonyl (C=O) groups is 2. The van der Waals surface area contributed by atoms with Crippen LogP contribution in [0.15, 0.2) is 42.5 Å². The summed E-state index contributed by atoms with van der Waals surface area (Å²) < 4.78 is 10.4. The second-order valence-electron chi connectivity index (χ2n) is 4.85. The van der Waals surface area contributed by atoms with Crippen LogP contribution in [-0.2, 0) is 4.79 Å². The van der Waals surface area contributed by atoms with Gasteiger partial charge < -0.3 is 25.2 Å². The van der Waals surface area contributed by atoms with Gasteiger partial charge in [-0.2, -0.15) is 0 Å². The second kappa shape index (κ2) is 7.87. The molecular formula is C17H18N2O5. The summed E-state index contributed by atoms with van der Waals surface area (Å²) in [7, 11) is 3.13. The number of anilines is 2. The first kappa shape index (κ1) is 17.1. The topological polar surface area (TPSA) is 96.9 Å². The molecule has 0 aliphatic heterocycles. The Morgan fingerprint density at radius 3 is 2.17 bits per heavy atom. The Kier molecular flexibility index (Phi) is 5.62. The van der Waals surface area contributed by atoms with E-state index in [-0.39, 0.29) is 0 Å². The summed E-state index contributed by atoms with van der Waals surface area (Å²) in [6.07, 6.45) is 0. The number of hydrogen-bond acceptors (Lipinski definition) is 5. The summed E-state index contributed by atoms with van der Waals surface area (Å²) in [5.41, 5.74) is 1.96. The van der Waals surface area contributed by atoms with E-state index in [2.05, 4.69) is 10.6 Å². The van der Waals surface area contributed by atoms with Gasteiger partial charge in [0.05, 0.1) is 14.2 Å². The molecule has 3 N–H and O–H groups in total. The normalized spacial score (nSPS) is 9.92. The molecule has 7 nitrogen and oxygen atoms in total. The number of hydrogen-bond donors (Lipinski definition) is 3. The predicted molar refractivity (Wildman–Crippen MR) is 89.2 cm³/mol. The molecule has 0 aromatic heterocycles. The molecule has 0 fully saturated rings. The number of rotatable bonds is 7. The smallest absolute Gasteiger partial charge is 0.322 e. The SMILES string of the molecule is COc1ccc(Nc2ccc(C(=O)NCC(=O)O)cc2)cc1OC. The average molecular weight is 330 g/mol. The Hall–Kier alpha value is -3.22. The first-order chi connectivity index (χ1) is 11.5. The van der Waals surface area contributed by atoms with E-state index in [1.807, 2.05) is 6.07 Å². The number of aliphatic carboxylic acids is 1. The first-order valence-corrected chi connectivity index (χ1v) is 7.12. The van der Waals surface area contributed by atoms with E-state index in [1.54, 1.807) is 50.6 Å². The van der Waals surface area contributed by atoms with Crippen molar-refractivity contribution in [3.05, 3.63) is 48.0 Å². The van der Waals surface area contributed by atoms with Crippen molar-refractivity contribution in [1.82, 2.24) is 5.32 Å². The monoisotopic (exact) mass is 330 g/mol. The van der Waals surface area contributed by atoms with Gasteiger partial charge in [0.1, 0.15) is 6.54 Å². The lowest BCUT2D eigenvalue weighted by Gasteiger charge is -2.11. The van der Waals surface area contributed by atoms with Gasteiger partial charge >= 0.3 is 5.97 Å². The quantitative estimate of drug-likeness (QED) is 0.720. The summed E-state index contributed by atoms with van der Waals surface area (Å²) >= 11 is 0. The molecule has 24 heavy (non-hydrogen) atoms. The zero-order valence-corrected chi connectivity index (χ0v) is 13.3. The molecular weight excluding hydrogens is 312 g/mol. The third-order valence-electron chi connectivity index (χ3n) is 3.22. The molecule has 0 atom stereocenters. The van der Waals surface area contributed by atoms with E-state index < -0.39 is 18.4 Å². The van der Waals surface area contributed by atoms with Crippen molar-refractivity contribution < 1.29 is 24.2 Å². The molecule has 2 rings (SSSR count). The van der Waals surface area contributed by atoms with Crippen molar-refractivity contribution in [3.8, 4) is 11.5 Å². The predicted octanol–water partition coefficient (Wildman–Crippen LogP) is 2.26. The third kappa shape index (κ3) is 4.39. The fourth-order valence-corrected chi connectivity index (χ4v) is 2.04. The van der Waals surface area contributed by atoms with Crippen LogP contribution in [0.1, 0.15) is 10.4 Å². The molecule has 7 heteroatoms. The minimum atomic E-state index is -1.09. The number of benzene rings is 2. The molecule has 2 aromatic carbocycles. The fourth-order valence-electron chi connectivity index (χ4n) is 2.04. The summed E-state index contributed by atoms with van der Waals surface area (Å²) in [4.78, 5) is 22.2. The molecule has 0 saturated carbocycles. The molecule has 0 spiro atoms. The highest BCUT2D eigenvalue weighted by Crippen LogP contribution is 2.31. The Morgan fingerprint density at radius 1 is 0.958 bits per heavy atom. The Balaban J connectivity index is 2.06. The number of methoxy groups -OCH3 is 2. The van der Waals surface area contributed by atoms with Gasteiger partial charge in [-0.05, 0) is 36.4 Å². The van der Waals surface area contributed by atoms with Crippen molar-refractivity contribution in [3.63, 3.8) is 0 Å². The molecule has 0 unspecified atom stereocenters. The van der Waals surface area contributed by atoms with Gasteiger partial charge in [0.25, 0.3) is 5.91 Å². The summed E-state index contributed by atoms with van der Waals surface area (Å²) in [5.74, 6) is -0.286. The summed E-state index contributed by atoms with van der Waals surface area (Å²) in [6, 6.07) is 12.1. The van der Waals surface area contributed by atoms with Crippen LogP contribution >= 0.6 is 0 Å². The highest BCUT2D eigenvalue weighted by molar-refractivity contribution is 5.96. The maximum atomic E-state index is 11.7. The molecule has 126 valence electrons. The van der Waals surface area contributed by atoms with Crippen LogP contribution in [0.4, 0.5) is 11.4 Å². The minimum absolute atomic E-state index is 0.383. The van der Waals surface area contributed by atoms with Crippen molar-refractivity contribution in [2.24, 2.45) is 0 Å². The number of ether oxygens (including phenoxy) is 2. The number of carboxylic acid groups (broad SMARTS) is 1. The average Bonchev–Trinajstić information content (AvgIpc) is 2.60. The summed E-state index contributed by atoms with van der Waals surface area (Å²) in [6.45, 7) is -0.412. The van der Waals surface area contributed by atoms with E-state index in [9.17, 15) is 9.59 Å². The zero-order chi connectivity index (χ0) is 17.5. The lowest BCUT2D eigenvalue weighted by atomic mass is 10.2. The van der Waals surface area contributed by atoms with Crippen LogP contribution < -0.4 is 20.1 Å². The Labute approximate surface area is 139 Å². The maximum Gasteiger partial charge on any atom is 0.322 e. The largest absolute Gasteiger partial charge is 0.493 e. The van der Waals surface area contributed by atoms with E-state index in [1.165, 1.54) is 0 Å². The van der Waals surface area contributed by atoms with Gasteiger partial charge in [-0.15, -0.1) is 0 Å². The standard InChI is InChI=1S/C17H18N2O5/c1-23-14-8-7-13(9-15(14)24-2)19-12-5-3-11(4-6-12)17(22)18-10-16(20)21/h3-9,19H,10H2,1-2H3,(H,18,22)(H,20,21). The molecule has 2 aromatic rings. The van der Waals surface area contributed by atoms with Crippen LogP contribution in [0.25, 0.3) is 0 Å². The maximum absolute atomic E-state index is 11.7. The van der Waals surface area contributed by atoms with Gasteiger partial charge in [0.2, 0.25) is 0 Å². The molecule has 0 radical (unpaired) electrons. The lowest BCUT2D eigenvalue weighted by Crippen LogP contribution is -2.29. The third-order valence-corrected chi connectivity index (χ3v) is 3.22. The van der Waals surface area contributed by atoms with Crippen molar-refractivity contribution >= 4 is 23.3 Å². The van der Waals surface area contributed by atoms with Crippen molar-refractivity contribution in [2.45, 2.75) is 0 Å². The number of amides is 1. The summed E-state index contributed by atoms with van der Waals surface area (Å²) in [5, 5.41) is 14.0. The van der Waals surface area contributed by atoms with Gasteiger partial charge in [0.15, 0.2) is 11.5 Å². The fraction of sp³-hybridized carbons (Fsp3) is 0.176. The van der Waals surface area contributed by atoms with Crippen LogP contribution in [0.5, 0.6) is 11.5 Å². The van der Waals surface area contributed by atoms with Gasteiger partial charge in [0, 0.05) is 23.0 Å². The van der Waals surface area contributed by atoms with Crippen LogP contribution in [0.3, 0.4) is 0 Å². The zero-order valence-electron chi connectivity index (χ0n) is 13.3. The molecule has 1 amide bonds. The van der Waals surface area contributed by atoms with Crippen LogP contribution in [-0.4, -0.2) is 37.7 Å². The van der Waals surface area contributed by atoms with E-state index in [0.717, 1.165) is 11.4 Å². The van der Waals surface area contributed by atoms with E-state index >= 15 is 0 Å². The molecule has 0 aliphatic rings. The van der Waals surface area contributed by atoms with Gasteiger partial charge in [-0.1, -0.05) is 0 Å². The second-order valence-corrected chi connectivity index (χ2v) is 4.85. The first-order valence-electron chi connectivity index (χ1n) is 7.12. The number of carboxylic acids is 1. The number of nitrogens with one attached hydrogen (secondary N) is 2. The minimum Gasteiger partial charge on any atom is -0.493 e. The highest BCUT2D eigenvalue weighted by Gasteiger charge is 2.08. The van der Waals surface area contributed by atoms with Crippen LogP contribution in [0.2, 0.25) is 0 Å². The van der Waals surface area contributed by atoms with Crippen molar-refractivity contribution in [2.75, 3.05) is 26.1 Å². The van der Waals surface area contributed by atoms with E-state index in [0.29, 0.717) is 17.1 Å². The van der Waals surface area contributed by atoms with Crippen molar-refractivity contribution in [1.29, 1.82) is 0 Å². The molecule has 0 aliphatic carbocycles. The van der Waals surface area contributed by atoms with Gasteiger partial charge in [-0.3, -0.25) is 9.59 Å².